The highest BCUT2D eigenvalue weighted by molar-refractivity contribution is 5.76. The molecule has 0 spiro atoms. The van der Waals surface area contributed by atoms with E-state index in [1.807, 2.05) is 30.4 Å². The summed E-state index contributed by atoms with van der Waals surface area (Å²) < 4.78 is 0. The molecule has 0 bridgehead atoms. The van der Waals surface area contributed by atoms with E-state index in [0.29, 0.717) is 50.5 Å². The Balaban J connectivity index is 0.000000358. The number of carbonyl (C=O) groups is 2. The van der Waals surface area contributed by atoms with Crippen LogP contribution < -0.4 is 21.5 Å². The van der Waals surface area contributed by atoms with Crippen molar-refractivity contribution in [2.24, 2.45) is 17.7 Å². The van der Waals surface area contributed by atoms with Crippen molar-refractivity contribution >= 4 is 11.9 Å². The van der Waals surface area contributed by atoms with Crippen LogP contribution in [0, 0.1) is 11.8 Å². The van der Waals surface area contributed by atoms with E-state index in [4.69, 9.17) is 10.9 Å². The molecule has 1 saturated carbocycles. The topological polar surface area (TPSA) is 219 Å². The average Bonchev–Trinajstić information content (AvgIpc) is 3.26. The number of aromatic hydroxyl groups is 2. The molecule has 2 aromatic carbocycles. The monoisotopic (exact) mass is 614 g/mol. The fourth-order valence-electron chi connectivity index (χ4n) is 5.42. The SMILES string of the molecule is C[C@](Cc1ccc(O)c(O)c1)(NN)C(=O)[O-].O=C([O-])CCC/C=C\C[C@@H]1C(CC[C@@H](O)CCc2ccccc2)[C@H](O)C[C@@H]1O. The van der Waals surface area contributed by atoms with Crippen molar-refractivity contribution in [1.82, 2.24) is 5.43 Å². The van der Waals surface area contributed by atoms with Crippen LogP contribution in [0.3, 0.4) is 0 Å². The normalized spacial score (nSPS) is 21.8. The molecular weight excluding hydrogens is 568 g/mol. The van der Waals surface area contributed by atoms with Crippen LogP contribution in [0.15, 0.2) is 60.7 Å². The number of phenolic OH excluding ortho intramolecular Hbond substituents is 2. The molecule has 244 valence electrons. The first-order valence-corrected chi connectivity index (χ1v) is 15.0. The molecule has 0 aliphatic heterocycles. The molecule has 0 heterocycles. The van der Waals surface area contributed by atoms with Crippen molar-refractivity contribution in [1.29, 1.82) is 0 Å². The Morgan fingerprint density at radius 2 is 1.68 bits per heavy atom. The Labute approximate surface area is 258 Å². The number of rotatable bonds is 16. The van der Waals surface area contributed by atoms with Crippen molar-refractivity contribution in [3.05, 3.63) is 71.8 Å². The third kappa shape index (κ3) is 12.3. The minimum Gasteiger partial charge on any atom is -0.550 e. The number of aryl methyl sites for hydroxylation is 1. The molecule has 44 heavy (non-hydrogen) atoms. The predicted octanol–water partition coefficient (Wildman–Crippen LogP) is 0.597. The van der Waals surface area contributed by atoms with Crippen LogP contribution >= 0.6 is 0 Å². The van der Waals surface area contributed by atoms with Crippen LogP contribution in [0.1, 0.15) is 69.4 Å². The van der Waals surface area contributed by atoms with Gasteiger partial charge in [0.2, 0.25) is 0 Å². The minimum absolute atomic E-state index is 0.0192. The minimum atomic E-state index is -1.43. The van der Waals surface area contributed by atoms with Gasteiger partial charge < -0.3 is 45.3 Å². The first-order chi connectivity index (χ1) is 20.9. The van der Waals surface area contributed by atoms with Crippen molar-refractivity contribution in [3.8, 4) is 11.5 Å². The second-order valence-electron chi connectivity index (χ2n) is 11.7. The van der Waals surface area contributed by atoms with E-state index in [0.717, 1.165) is 6.42 Å². The number of aliphatic hydroxyl groups excluding tert-OH is 3. The maximum atomic E-state index is 10.8. The number of nitrogens with two attached hydrogens (primary N) is 1. The number of aliphatic hydroxyl groups is 3. The fraction of sp³-hybridized carbons (Fsp3) is 0.515. The van der Waals surface area contributed by atoms with Crippen LogP contribution in [-0.4, -0.2) is 61.3 Å². The summed E-state index contributed by atoms with van der Waals surface area (Å²) in [5.74, 6) is 2.15. The third-order valence-electron chi connectivity index (χ3n) is 8.16. The quantitative estimate of drug-likeness (QED) is 0.0456. The molecule has 3 rings (SSSR count). The lowest BCUT2D eigenvalue weighted by molar-refractivity contribution is -0.314. The number of unbranched alkanes of at least 4 members (excludes halogenated alkanes) is 1. The van der Waals surface area contributed by atoms with Crippen molar-refractivity contribution < 1.29 is 45.3 Å². The third-order valence-corrected chi connectivity index (χ3v) is 8.16. The van der Waals surface area contributed by atoms with Gasteiger partial charge in [0.1, 0.15) is 0 Å². The van der Waals surface area contributed by atoms with Crippen molar-refractivity contribution in [3.63, 3.8) is 0 Å². The highest BCUT2D eigenvalue weighted by Crippen LogP contribution is 2.38. The molecule has 11 heteroatoms. The van der Waals surface area contributed by atoms with Crippen LogP contribution in [0.2, 0.25) is 0 Å². The number of carboxylic acids is 2. The molecule has 2 aromatic rings. The van der Waals surface area contributed by atoms with E-state index in [1.54, 1.807) is 0 Å². The summed E-state index contributed by atoms with van der Waals surface area (Å²) in [6.07, 6.45) is 7.60. The van der Waals surface area contributed by atoms with Crippen molar-refractivity contribution in [2.75, 3.05) is 0 Å². The van der Waals surface area contributed by atoms with E-state index in [9.17, 15) is 40.2 Å². The summed E-state index contributed by atoms with van der Waals surface area (Å²) in [5.41, 5.74) is 2.45. The maximum Gasteiger partial charge on any atom is 0.157 e. The highest BCUT2D eigenvalue weighted by atomic mass is 16.4. The summed E-state index contributed by atoms with van der Waals surface area (Å²) >= 11 is 0. The summed E-state index contributed by atoms with van der Waals surface area (Å²) in [7, 11) is 0. The zero-order chi connectivity index (χ0) is 32.7. The summed E-state index contributed by atoms with van der Waals surface area (Å²) in [4.78, 5) is 21.2. The van der Waals surface area contributed by atoms with E-state index < -0.39 is 35.8 Å². The summed E-state index contributed by atoms with van der Waals surface area (Å²) in [5, 5.41) is 70.5. The van der Waals surface area contributed by atoms with E-state index in [-0.39, 0.29) is 36.2 Å². The number of allylic oxidation sites excluding steroid dienone is 2. The molecule has 1 fully saturated rings. The van der Waals surface area contributed by atoms with Crippen LogP contribution in [0.4, 0.5) is 0 Å². The number of benzene rings is 2. The largest absolute Gasteiger partial charge is 0.550 e. The van der Waals surface area contributed by atoms with Gasteiger partial charge in [-0.15, -0.1) is 0 Å². The zero-order valence-corrected chi connectivity index (χ0v) is 25.2. The molecule has 8 N–H and O–H groups in total. The molecule has 1 unspecified atom stereocenters. The Morgan fingerprint density at radius 1 is 1.00 bits per heavy atom. The molecule has 6 atom stereocenters. The lowest BCUT2D eigenvalue weighted by Gasteiger charge is -2.29. The fourth-order valence-corrected chi connectivity index (χ4v) is 5.42. The van der Waals surface area contributed by atoms with Gasteiger partial charge in [-0.2, -0.15) is 0 Å². The van der Waals surface area contributed by atoms with Gasteiger partial charge >= 0.3 is 0 Å². The Kier molecular flexibility index (Phi) is 15.3. The van der Waals surface area contributed by atoms with Gasteiger partial charge in [0.25, 0.3) is 0 Å². The number of carboxylic acid groups (broad SMARTS) is 2. The second-order valence-corrected chi connectivity index (χ2v) is 11.7. The van der Waals surface area contributed by atoms with E-state index >= 15 is 0 Å². The highest BCUT2D eigenvalue weighted by Gasteiger charge is 2.40. The zero-order valence-electron chi connectivity index (χ0n) is 25.2. The van der Waals surface area contributed by atoms with Crippen LogP contribution in [-0.2, 0) is 22.4 Å². The molecule has 1 aliphatic carbocycles. The number of carbonyl (C=O) groups excluding carboxylic acids is 2. The lowest BCUT2D eigenvalue weighted by Crippen LogP contribution is -2.60. The van der Waals surface area contributed by atoms with Crippen LogP contribution in [0.5, 0.6) is 11.5 Å². The van der Waals surface area contributed by atoms with Gasteiger partial charge in [-0.3, -0.25) is 5.84 Å². The Bertz CT molecular complexity index is 1190. The smallest absolute Gasteiger partial charge is 0.157 e. The van der Waals surface area contributed by atoms with Gasteiger partial charge in [0, 0.05) is 5.97 Å². The van der Waals surface area contributed by atoms with Crippen LogP contribution in [0.25, 0.3) is 0 Å². The number of hydrogen-bond donors (Lipinski definition) is 7. The molecule has 0 saturated heterocycles. The van der Waals surface area contributed by atoms with Gasteiger partial charge in [0.05, 0.1) is 29.8 Å². The van der Waals surface area contributed by atoms with Gasteiger partial charge in [-0.1, -0.05) is 48.6 Å². The number of hydrogen-bond acceptors (Lipinski definition) is 11. The number of phenols is 2. The molecule has 11 nitrogen and oxygen atoms in total. The summed E-state index contributed by atoms with van der Waals surface area (Å²) in [6, 6.07) is 14.1. The lowest BCUT2D eigenvalue weighted by atomic mass is 9.85. The van der Waals surface area contributed by atoms with Gasteiger partial charge in [0.15, 0.2) is 11.5 Å². The Morgan fingerprint density at radius 3 is 2.30 bits per heavy atom. The molecule has 0 radical (unpaired) electrons. The molecule has 1 aliphatic rings. The first-order valence-electron chi connectivity index (χ1n) is 15.0. The number of nitrogens with one attached hydrogen (secondary N) is 1. The Hall–Kier alpha value is -3.48. The standard InChI is InChI=1S/C23H34O5.C10H14N2O4/c24-18(13-12-17-8-4-3-5-9-17)14-15-20-19(21(25)16-22(20)26)10-6-1-2-7-11-23(27)28;1-10(12-11,9(15)16)5-6-2-3-7(13)8(14)4-6/h1,3-6,8-9,18-22,24-26H,2,7,10-16H2,(H,27,28);2-4,12-14H,5,11H2,1H3,(H,15,16)/p-2/b6-1-;/t18-,19+,20?,21-,22+;10-/m01/s1. The molecule has 0 amide bonds. The maximum absolute atomic E-state index is 10.8. The van der Waals surface area contributed by atoms with Gasteiger partial charge in [-0.25, -0.2) is 5.43 Å². The van der Waals surface area contributed by atoms with E-state index in [2.05, 4.69) is 17.6 Å². The number of aliphatic carboxylic acids is 2. The average molecular weight is 615 g/mol. The number of hydrazine groups is 1. The molecule has 0 aromatic heterocycles. The second kappa shape index (κ2) is 18.4. The predicted molar refractivity (Wildman–Crippen MR) is 160 cm³/mol. The van der Waals surface area contributed by atoms with Gasteiger partial charge in [-0.05, 0) is 106 Å². The molecular formula is C33H46N2O9-2. The first kappa shape index (κ1) is 36.7. The van der Waals surface area contributed by atoms with E-state index in [1.165, 1.54) is 30.7 Å². The summed E-state index contributed by atoms with van der Waals surface area (Å²) in [6.45, 7) is 1.37. The van der Waals surface area contributed by atoms with Crippen molar-refractivity contribution in [2.45, 2.75) is 95.0 Å².